The molecule has 0 heterocycles. The summed E-state index contributed by atoms with van der Waals surface area (Å²) in [6.07, 6.45) is 6.06. The van der Waals surface area contributed by atoms with Gasteiger partial charge in [0.2, 0.25) is 0 Å². The van der Waals surface area contributed by atoms with E-state index in [1.165, 1.54) is 12.1 Å². The fraction of sp³-hybridized carbons (Fsp3) is 0.333. The Bertz CT molecular complexity index is 331. The van der Waals surface area contributed by atoms with Crippen LogP contribution < -0.4 is 0 Å². The van der Waals surface area contributed by atoms with E-state index in [1.807, 2.05) is 19.9 Å². The lowest BCUT2D eigenvalue weighted by Crippen LogP contribution is -2.11. The summed E-state index contributed by atoms with van der Waals surface area (Å²) in [6.45, 7) is 3.94. The molecule has 0 aliphatic rings. The minimum Gasteiger partial charge on any atom is -0.207 e. The van der Waals surface area contributed by atoms with E-state index in [4.69, 9.17) is 6.42 Å². The molecule has 0 spiro atoms. The molecule has 0 amide bonds. The first-order valence-electron chi connectivity index (χ1n) is 4.26. The van der Waals surface area contributed by atoms with Crippen LogP contribution in [0.25, 0.3) is 0 Å². The lowest BCUT2D eigenvalue weighted by atomic mass is 9.87. The minimum atomic E-state index is -0.203. The quantitative estimate of drug-likeness (QED) is 0.607. The highest BCUT2D eigenvalue weighted by Crippen LogP contribution is 2.20. The molecule has 0 aliphatic heterocycles. The van der Waals surface area contributed by atoms with Crippen molar-refractivity contribution in [2.75, 3.05) is 0 Å². The molecule has 1 rings (SSSR count). The standard InChI is InChI=1S/C12H13F/c1-4-12(2,3)9-10-6-5-7-11(13)8-10/h1,5-8H,9H2,2-3H3. The van der Waals surface area contributed by atoms with E-state index in [0.717, 1.165) is 5.56 Å². The molecule has 0 fully saturated rings. The summed E-state index contributed by atoms with van der Waals surface area (Å²) in [6, 6.07) is 6.56. The van der Waals surface area contributed by atoms with E-state index >= 15 is 0 Å². The lowest BCUT2D eigenvalue weighted by molar-refractivity contribution is 0.499. The van der Waals surface area contributed by atoms with Crippen molar-refractivity contribution < 1.29 is 4.39 Å². The van der Waals surface area contributed by atoms with Crippen molar-refractivity contribution in [3.8, 4) is 12.3 Å². The first-order chi connectivity index (χ1) is 6.03. The van der Waals surface area contributed by atoms with Crippen LogP contribution in [0.15, 0.2) is 24.3 Å². The maximum Gasteiger partial charge on any atom is 0.123 e. The molecule has 0 nitrogen and oxygen atoms in total. The van der Waals surface area contributed by atoms with Crippen molar-refractivity contribution in [3.05, 3.63) is 35.6 Å². The van der Waals surface area contributed by atoms with Crippen LogP contribution >= 0.6 is 0 Å². The molecule has 0 aromatic heterocycles. The van der Waals surface area contributed by atoms with E-state index in [-0.39, 0.29) is 11.2 Å². The van der Waals surface area contributed by atoms with Crippen LogP contribution in [0, 0.1) is 23.6 Å². The van der Waals surface area contributed by atoms with Crippen LogP contribution in [-0.2, 0) is 6.42 Å². The van der Waals surface area contributed by atoms with Gasteiger partial charge in [-0.1, -0.05) is 12.1 Å². The van der Waals surface area contributed by atoms with Crippen molar-refractivity contribution in [3.63, 3.8) is 0 Å². The second-order valence-electron chi connectivity index (χ2n) is 3.83. The summed E-state index contributed by atoms with van der Waals surface area (Å²) in [4.78, 5) is 0. The Morgan fingerprint density at radius 1 is 1.46 bits per heavy atom. The molecule has 0 saturated heterocycles. The molecule has 0 radical (unpaired) electrons. The zero-order valence-electron chi connectivity index (χ0n) is 7.97. The van der Waals surface area contributed by atoms with E-state index in [0.29, 0.717) is 6.42 Å². The molecule has 0 saturated carbocycles. The predicted octanol–water partition coefficient (Wildman–Crippen LogP) is 3.03. The van der Waals surface area contributed by atoms with Crippen LogP contribution in [0.2, 0.25) is 0 Å². The normalized spacial score (nSPS) is 10.9. The van der Waals surface area contributed by atoms with Crippen molar-refractivity contribution in [1.29, 1.82) is 0 Å². The van der Waals surface area contributed by atoms with Crippen molar-refractivity contribution >= 4 is 0 Å². The summed E-state index contributed by atoms with van der Waals surface area (Å²) in [7, 11) is 0. The van der Waals surface area contributed by atoms with Gasteiger partial charge in [0.05, 0.1) is 0 Å². The molecule has 1 aromatic rings. The van der Waals surface area contributed by atoms with Crippen LogP contribution in [0.1, 0.15) is 19.4 Å². The monoisotopic (exact) mass is 176 g/mol. The maximum absolute atomic E-state index is 12.8. The van der Waals surface area contributed by atoms with Gasteiger partial charge in [-0.15, -0.1) is 12.3 Å². The molecule has 1 aromatic carbocycles. The molecule has 0 bridgehead atoms. The Morgan fingerprint density at radius 3 is 2.69 bits per heavy atom. The van der Waals surface area contributed by atoms with E-state index in [2.05, 4.69) is 5.92 Å². The molecule has 1 heteroatoms. The van der Waals surface area contributed by atoms with Crippen LogP contribution in [0.3, 0.4) is 0 Å². The highest BCUT2D eigenvalue weighted by atomic mass is 19.1. The van der Waals surface area contributed by atoms with Gasteiger partial charge in [-0.2, -0.15) is 0 Å². The fourth-order valence-corrected chi connectivity index (χ4v) is 1.21. The molecule has 68 valence electrons. The second kappa shape index (κ2) is 3.62. The first-order valence-corrected chi connectivity index (χ1v) is 4.26. The molecule has 0 unspecified atom stereocenters. The molecule has 13 heavy (non-hydrogen) atoms. The van der Waals surface area contributed by atoms with Gasteiger partial charge in [-0.05, 0) is 38.0 Å². The van der Waals surface area contributed by atoms with Gasteiger partial charge in [0.25, 0.3) is 0 Å². The number of benzene rings is 1. The number of halogens is 1. The smallest absolute Gasteiger partial charge is 0.123 e. The maximum atomic E-state index is 12.8. The predicted molar refractivity (Wildman–Crippen MR) is 52.7 cm³/mol. The third-order valence-electron chi connectivity index (χ3n) is 1.93. The van der Waals surface area contributed by atoms with Crippen molar-refractivity contribution in [2.24, 2.45) is 5.41 Å². The summed E-state index contributed by atoms with van der Waals surface area (Å²) in [5.74, 6) is 2.48. The Kier molecular flexibility index (Phi) is 2.72. The number of hydrogen-bond donors (Lipinski definition) is 0. The largest absolute Gasteiger partial charge is 0.207 e. The minimum absolute atomic E-state index is 0.201. The van der Waals surface area contributed by atoms with Crippen LogP contribution in [-0.4, -0.2) is 0 Å². The third-order valence-corrected chi connectivity index (χ3v) is 1.93. The van der Waals surface area contributed by atoms with Crippen molar-refractivity contribution in [1.82, 2.24) is 0 Å². The average Bonchev–Trinajstić information content (AvgIpc) is 2.03. The van der Waals surface area contributed by atoms with Crippen molar-refractivity contribution in [2.45, 2.75) is 20.3 Å². The Hall–Kier alpha value is -1.29. The van der Waals surface area contributed by atoms with Crippen LogP contribution in [0.4, 0.5) is 4.39 Å². The highest BCUT2D eigenvalue weighted by molar-refractivity contribution is 5.20. The summed E-state index contributed by atoms with van der Waals surface area (Å²) in [5, 5.41) is 0. The third kappa shape index (κ3) is 2.91. The second-order valence-corrected chi connectivity index (χ2v) is 3.83. The first kappa shape index (κ1) is 9.80. The molecular weight excluding hydrogens is 163 g/mol. The topological polar surface area (TPSA) is 0 Å². The van der Waals surface area contributed by atoms with Gasteiger partial charge in [0.15, 0.2) is 0 Å². The molecule has 0 aliphatic carbocycles. The highest BCUT2D eigenvalue weighted by Gasteiger charge is 2.14. The van der Waals surface area contributed by atoms with Gasteiger partial charge in [0.1, 0.15) is 5.82 Å². The lowest BCUT2D eigenvalue weighted by Gasteiger charge is -2.16. The van der Waals surface area contributed by atoms with E-state index in [9.17, 15) is 4.39 Å². The molecule has 0 atom stereocenters. The Balaban J connectivity index is 2.82. The van der Waals surface area contributed by atoms with Gasteiger partial charge in [-0.25, -0.2) is 4.39 Å². The number of rotatable bonds is 2. The Morgan fingerprint density at radius 2 is 2.15 bits per heavy atom. The molecular formula is C12H13F. The van der Waals surface area contributed by atoms with Gasteiger partial charge in [0, 0.05) is 5.41 Å². The fourth-order valence-electron chi connectivity index (χ4n) is 1.21. The van der Waals surface area contributed by atoms with E-state index in [1.54, 1.807) is 6.07 Å². The zero-order chi connectivity index (χ0) is 9.90. The zero-order valence-corrected chi connectivity index (χ0v) is 7.97. The average molecular weight is 176 g/mol. The summed E-state index contributed by atoms with van der Waals surface area (Å²) < 4.78 is 12.8. The Labute approximate surface area is 78.8 Å². The SMILES string of the molecule is C#CC(C)(C)Cc1cccc(F)c1. The van der Waals surface area contributed by atoms with Crippen LogP contribution in [0.5, 0.6) is 0 Å². The van der Waals surface area contributed by atoms with Gasteiger partial charge in [-0.3, -0.25) is 0 Å². The number of hydrogen-bond acceptors (Lipinski definition) is 0. The summed E-state index contributed by atoms with van der Waals surface area (Å²) in [5.41, 5.74) is 0.747. The van der Waals surface area contributed by atoms with Gasteiger partial charge < -0.3 is 0 Å². The summed E-state index contributed by atoms with van der Waals surface area (Å²) >= 11 is 0. The van der Waals surface area contributed by atoms with E-state index < -0.39 is 0 Å². The number of terminal acetylenes is 1. The molecule has 0 N–H and O–H groups in total. The van der Waals surface area contributed by atoms with Gasteiger partial charge >= 0.3 is 0 Å².